The molecule has 0 bridgehead atoms. The molecule has 1 aromatic heterocycles. The number of rotatable bonds is 5. The fourth-order valence-corrected chi connectivity index (χ4v) is 3.60. The molecule has 1 aliphatic heterocycles. The average molecular weight is 303 g/mol. The Balaban J connectivity index is 1.66. The number of aromatic nitrogens is 2. The van der Waals surface area contributed by atoms with Gasteiger partial charge < -0.3 is 9.64 Å². The van der Waals surface area contributed by atoms with Crippen molar-refractivity contribution in [3.8, 4) is 0 Å². The van der Waals surface area contributed by atoms with Gasteiger partial charge in [-0.1, -0.05) is 0 Å². The normalized spacial score (nSPS) is 21.3. The van der Waals surface area contributed by atoms with E-state index in [0.29, 0.717) is 25.5 Å². The number of carbonyl (C=O) groups is 1. The lowest BCUT2D eigenvalue weighted by Gasteiger charge is -2.19. The minimum absolute atomic E-state index is 0.233. The van der Waals surface area contributed by atoms with E-state index in [1.807, 2.05) is 4.90 Å². The molecule has 0 spiro atoms. The topological polar surface area (TPSA) is 55.3 Å². The highest BCUT2D eigenvalue weighted by molar-refractivity contribution is 5.78. The lowest BCUT2D eigenvalue weighted by atomic mass is 9.94. The number of nitrogens with zero attached hydrogens (tertiary/aromatic N) is 3. The van der Waals surface area contributed by atoms with Crippen LogP contribution in [0, 0.1) is 12.8 Å². The number of ether oxygens (including phenoxy) is 1. The monoisotopic (exact) mass is 303 g/mol. The van der Waals surface area contributed by atoms with Gasteiger partial charge in [0.2, 0.25) is 5.91 Å². The van der Waals surface area contributed by atoms with Crippen molar-refractivity contribution in [3.63, 3.8) is 0 Å². The molecule has 0 N–H and O–H groups in total. The van der Waals surface area contributed by atoms with E-state index >= 15 is 0 Å². The highest BCUT2D eigenvalue weighted by atomic mass is 16.5. The number of likely N-dealkylation sites (tertiary alicyclic amines) is 1. The molecule has 2 aliphatic rings. The molecule has 1 atom stereocenters. The Morgan fingerprint density at radius 1 is 1.27 bits per heavy atom. The summed E-state index contributed by atoms with van der Waals surface area (Å²) in [6, 6.07) is 0. The molecular formula is C17H25N3O2. The minimum Gasteiger partial charge on any atom is -0.383 e. The molecule has 1 saturated heterocycles. The van der Waals surface area contributed by atoms with Crippen LogP contribution >= 0.6 is 0 Å². The van der Waals surface area contributed by atoms with Crippen molar-refractivity contribution < 1.29 is 9.53 Å². The fraction of sp³-hybridized carbons (Fsp3) is 0.706. The average Bonchev–Trinajstić information content (AvgIpc) is 2.85. The molecule has 1 fully saturated rings. The molecule has 3 rings (SSSR count). The second-order valence-electron chi connectivity index (χ2n) is 6.46. The van der Waals surface area contributed by atoms with Gasteiger partial charge in [-0.3, -0.25) is 4.79 Å². The van der Waals surface area contributed by atoms with Gasteiger partial charge in [0.15, 0.2) is 0 Å². The number of hydrogen-bond acceptors (Lipinski definition) is 4. The first-order chi connectivity index (χ1) is 10.7. The standard InChI is InChI=1S/C17H25N3O2/c1-12-14-5-3-4-6-15(14)19-16(18-12)9-13-10-17(21)20(11-13)7-8-22-2/h13H,3-11H2,1-2H3/t13-/m0/s1. The third kappa shape index (κ3) is 3.29. The number of methoxy groups -OCH3 is 1. The summed E-state index contributed by atoms with van der Waals surface area (Å²) in [6.45, 7) is 4.20. The molecule has 0 saturated carbocycles. The Kier molecular flexibility index (Phi) is 4.71. The zero-order valence-corrected chi connectivity index (χ0v) is 13.6. The quantitative estimate of drug-likeness (QED) is 0.831. The summed E-state index contributed by atoms with van der Waals surface area (Å²) in [5.74, 6) is 1.49. The number of fused-ring (bicyclic) bond motifs is 1. The van der Waals surface area contributed by atoms with Crippen LogP contribution in [0.15, 0.2) is 0 Å². The maximum atomic E-state index is 12.0. The van der Waals surface area contributed by atoms with Gasteiger partial charge in [-0.2, -0.15) is 0 Å². The van der Waals surface area contributed by atoms with Crippen molar-refractivity contribution in [2.24, 2.45) is 5.92 Å². The summed E-state index contributed by atoms with van der Waals surface area (Å²) >= 11 is 0. The van der Waals surface area contributed by atoms with Crippen LogP contribution in [0.25, 0.3) is 0 Å². The first-order valence-electron chi connectivity index (χ1n) is 8.29. The first-order valence-corrected chi connectivity index (χ1v) is 8.29. The maximum absolute atomic E-state index is 12.0. The van der Waals surface area contributed by atoms with Crippen LogP contribution < -0.4 is 0 Å². The Morgan fingerprint density at radius 3 is 2.91 bits per heavy atom. The zero-order chi connectivity index (χ0) is 15.5. The van der Waals surface area contributed by atoms with Crippen LogP contribution in [0.3, 0.4) is 0 Å². The van der Waals surface area contributed by atoms with Gasteiger partial charge in [0.05, 0.1) is 6.61 Å². The number of hydrogen-bond donors (Lipinski definition) is 0. The predicted octanol–water partition coefficient (Wildman–Crippen LogP) is 1.70. The maximum Gasteiger partial charge on any atom is 0.223 e. The summed E-state index contributed by atoms with van der Waals surface area (Å²) in [6.07, 6.45) is 6.10. The van der Waals surface area contributed by atoms with E-state index in [1.54, 1.807) is 7.11 Å². The van der Waals surface area contributed by atoms with Crippen molar-refractivity contribution in [2.45, 2.75) is 45.4 Å². The van der Waals surface area contributed by atoms with Crippen LogP contribution in [0.1, 0.15) is 42.0 Å². The van der Waals surface area contributed by atoms with Crippen molar-refractivity contribution in [3.05, 3.63) is 22.8 Å². The van der Waals surface area contributed by atoms with Crippen molar-refractivity contribution in [2.75, 3.05) is 26.8 Å². The van der Waals surface area contributed by atoms with Crippen molar-refractivity contribution in [1.82, 2.24) is 14.9 Å². The van der Waals surface area contributed by atoms with E-state index in [4.69, 9.17) is 14.7 Å². The number of aryl methyl sites for hydroxylation is 2. The van der Waals surface area contributed by atoms with E-state index in [0.717, 1.165) is 37.3 Å². The molecule has 5 nitrogen and oxygen atoms in total. The predicted molar refractivity (Wildman–Crippen MR) is 83.7 cm³/mol. The molecule has 120 valence electrons. The Labute approximate surface area is 132 Å². The van der Waals surface area contributed by atoms with Crippen LogP contribution in [0.5, 0.6) is 0 Å². The second-order valence-corrected chi connectivity index (χ2v) is 6.46. The molecule has 5 heteroatoms. The highest BCUT2D eigenvalue weighted by Crippen LogP contribution is 2.24. The molecule has 2 heterocycles. The SMILES string of the molecule is COCCN1C[C@@H](Cc2nc(C)c3c(n2)CCCC3)CC1=O. The number of amides is 1. The molecular weight excluding hydrogens is 278 g/mol. The summed E-state index contributed by atoms with van der Waals surface area (Å²) in [4.78, 5) is 23.4. The summed E-state index contributed by atoms with van der Waals surface area (Å²) in [5, 5.41) is 0. The van der Waals surface area contributed by atoms with E-state index in [1.165, 1.54) is 24.1 Å². The van der Waals surface area contributed by atoms with Gasteiger partial charge in [0, 0.05) is 44.4 Å². The third-order valence-corrected chi connectivity index (χ3v) is 4.77. The molecule has 1 aromatic rings. The van der Waals surface area contributed by atoms with Gasteiger partial charge >= 0.3 is 0 Å². The van der Waals surface area contributed by atoms with Gasteiger partial charge in [-0.15, -0.1) is 0 Å². The van der Waals surface area contributed by atoms with E-state index in [2.05, 4.69) is 6.92 Å². The van der Waals surface area contributed by atoms with Crippen LogP contribution in [0.2, 0.25) is 0 Å². The number of carbonyl (C=O) groups excluding carboxylic acids is 1. The van der Waals surface area contributed by atoms with Crippen LogP contribution in [-0.2, 0) is 28.8 Å². The summed E-state index contributed by atoms with van der Waals surface area (Å²) in [5.41, 5.74) is 3.74. The van der Waals surface area contributed by atoms with E-state index in [9.17, 15) is 4.79 Å². The fourth-order valence-electron chi connectivity index (χ4n) is 3.60. The van der Waals surface area contributed by atoms with Gasteiger partial charge in [0.25, 0.3) is 0 Å². The lowest BCUT2D eigenvalue weighted by Crippen LogP contribution is -2.29. The second kappa shape index (κ2) is 6.73. The summed E-state index contributed by atoms with van der Waals surface area (Å²) in [7, 11) is 1.67. The lowest BCUT2D eigenvalue weighted by molar-refractivity contribution is -0.128. The van der Waals surface area contributed by atoms with Gasteiger partial charge in [-0.25, -0.2) is 9.97 Å². The van der Waals surface area contributed by atoms with E-state index in [-0.39, 0.29) is 5.91 Å². The Hall–Kier alpha value is -1.49. The minimum atomic E-state index is 0.233. The molecule has 22 heavy (non-hydrogen) atoms. The van der Waals surface area contributed by atoms with E-state index < -0.39 is 0 Å². The molecule has 0 radical (unpaired) electrons. The molecule has 0 unspecified atom stereocenters. The van der Waals surface area contributed by atoms with Gasteiger partial charge in [0.1, 0.15) is 5.82 Å². The Bertz CT molecular complexity index is 559. The Morgan fingerprint density at radius 2 is 2.09 bits per heavy atom. The zero-order valence-electron chi connectivity index (χ0n) is 13.6. The molecule has 1 amide bonds. The molecule has 1 aliphatic carbocycles. The van der Waals surface area contributed by atoms with Crippen LogP contribution in [-0.4, -0.2) is 47.6 Å². The smallest absolute Gasteiger partial charge is 0.223 e. The third-order valence-electron chi connectivity index (χ3n) is 4.77. The van der Waals surface area contributed by atoms with Crippen LogP contribution in [0.4, 0.5) is 0 Å². The summed E-state index contributed by atoms with van der Waals surface area (Å²) < 4.78 is 5.06. The van der Waals surface area contributed by atoms with Crippen molar-refractivity contribution >= 4 is 5.91 Å². The molecule has 0 aromatic carbocycles. The van der Waals surface area contributed by atoms with Crippen molar-refractivity contribution in [1.29, 1.82) is 0 Å². The van der Waals surface area contributed by atoms with Gasteiger partial charge in [-0.05, 0) is 44.1 Å². The highest BCUT2D eigenvalue weighted by Gasteiger charge is 2.30. The first kappa shape index (κ1) is 15.4. The largest absolute Gasteiger partial charge is 0.383 e.